The highest BCUT2D eigenvalue weighted by Crippen LogP contribution is 2.27. The van der Waals surface area contributed by atoms with Crippen molar-refractivity contribution < 1.29 is 9.59 Å². The summed E-state index contributed by atoms with van der Waals surface area (Å²) in [5.41, 5.74) is 5.85. The van der Waals surface area contributed by atoms with Crippen LogP contribution in [0.1, 0.15) is 65.7 Å². The van der Waals surface area contributed by atoms with E-state index in [0.29, 0.717) is 32.6 Å². The average molecular weight is 338 g/mol. The van der Waals surface area contributed by atoms with Crippen molar-refractivity contribution in [1.29, 1.82) is 0 Å². The molecule has 138 valence electrons. The number of carbonyl (C=O) groups excluding carboxylic acids is 2. The molecule has 1 saturated heterocycles. The van der Waals surface area contributed by atoms with Gasteiger partial charge >= 0.3 is 0 Å². The summed E-state index contributed by atoms with van der Waals surface area (Å²) in [5, 5.41) is 0. The molecule has 24 heavy (non-hydrogen) atoms. The Hall–Kier alpha value is -1.10. The van der Waals surface area contributed by atoms with Gasteiger partial charge in [0.25, 0.3) is 0 Å². The van der Waals surface area contributed by atoms with Crippen molar-refractivity contribution in [3.05, 3.63) is 0 Å². The Balaban J connectivity index is 1.73. The fourth-order valence-corrected chi connectivity index (χ4v) is 3.70. The zero-order chi connectivity index (χ0) is 17.7. The second-order valence-corrected chi connectivity index (χ2v) is 8.59. The second-order valence-electron chi connectivity index (χ2n) is 8.59. The molecule has 0 radical (unpaired) electrons. The molecule has 2 N–H and O–H groups in total. The average Bonchev–Trinajstić information content (AvgIpc) is 2.58. The first-order valence-electron chi connectivity index (χ1n) is 9.61. The third kappa shape index (κ3) is 5.20. The van der Waals surface area contributed by atoms with Gasteiger partial charge in [-0.25, -0.2) is 0 Å². The van der Waals surface area contributed by atoms with Crippen molar-refractivity contribution in [3.8, 4) is 0 Å². The fraction of sp³-hybridized carbons (Fsp3) is 0.895. The van der Waals surface area contributed by atoms with Crippen LogP contribution in [0.5, 0.6) is 0 Å². The quantitative estimate of drug-likeness (QED) is 0.856. The van der Waals surface area contributed by atoms with Gasteiger partial charge in [-0.1, -0.05) is 52.9 Å². The first-order valence-corrected chi connectivity index (χ1v) is 9.61. The molecule has 1 aliphatic carbocycles. The van der Waals surface area contributed by atoms with E-state index in [1.54, 1.807) is 0 Å². The Labute approximate surface area is 146 Å². The zero-order valence-electron chi connectivity index (χ0n) is 15.7. The van der Waals surface area contributed by atoms with Crippen molar-refractivity contribution in [1.82, 2.24) is 9.80 Å². The Morgan fingerprint density at radius 3 is 2.08 bits per heavy atom. The van der Waals surface area contributed by atoms with Gasteiger partial charge in [0.05, 0.1) is 6.04 Å². The minimum atomic E-state index is -0.481. The van der Waals surface area contributed by atoms with Gasteiger partial charge in [-0.05, 0) is 17.8 Å². The molecule has 0 aromatic carbocycles. The minimum absolute atomic E-state index is 0.0109. The monoisotopic (exact) mass is 337 g/mol. The van der Waals surface area contributed by atoms with Crippen LogP contribution in [0.25, 0.3) is 0 Å². The van der Waals surface area contributed by atoms with Crippen LogP contribution in [-0.2, 0) is 9.59 Å². The van der Waals surface area contributed by atoms with Gasteiger partial charge in [0.2, 0.25) is 11.8 Å². The largest absolute Gasteiger partial charge is 0.339 e. The zero-order valence-corrected chi connectivity index (χ0v) is 15.7. The summed E-state index contributed by atoms with van der Waals surface area (Å²) in [6.45, 7) is 8.47. The highest BCUT2D eigenvalue weighted by atomic mass is 16.2. The molecule has 0 unspecified atom stereocenters. The first-order chi connectivity index (χ1) is 11.3. The van der Waals surface area contributed by atoms with Crippen molar-refractivity contribution in [3.63, 3.8) is 0 Å². The number of amides is 2. The standard InChI is InChI=1S/C19H35N3O2/c1-19(2,3)17(20)18(24)22-13-11-21(12-14-22)16(23)10-9-15-7-5-4-6-8-15/h15,17H,4-14,20H2,1-3H3/t17-/m1/s1. The van der Waals surface area contributed by atoms with Gasteiger partial charge in [0.1, 0.15) is 0 Å². The number of nitrogens with zero attached hydrogens (tertiary/aromatic N) is 2. The van der Waals surface area contributed by atoms with Crippen molar-refractivity contribution >= 4 is 11.8 Å². The van der Waals surface area contributed by atoms with Crippen molar-refractivity contribution in [2.24, 2.45) is 17.1 Å². The summed E-state index contributed by atoms with van der Waals surface area (Å²) in [6.07, 6.45) is 8.30. The summed E-state index contributed by atoms with van der Waals surface area (Å²) >= 11 is 0. The molecule has 1 aliphatic heterocycles. The SMILES string of the molecule is CC(C)(C)[C@H](N)C(=O)N1CCN(C(=O)CCC2CCCCC2)CC1. The molecule has 0 aromatic rings. The van der Waals surface area contributed by atoms with Gasteiger partial charge in [-0.3, -0.25) is 9.59 Å². The van der Waals surface area contributed by atoms with Gasteiger partial charge in [-0.15, -0.1) is 0 Å². The molecule has 0 bridgehead atoms. The summed E-state index contributed by atoms with van der Waals surface area (Å²) in [6, 6.07) is -0.481. The second kappa shape index (κ2) is 8.32. The number of rotatable bonds is 4. The number of hydrogen-bond donors (Lipinski definition) is 1. The van der Waals surface area contributed by atoms with E-state index in [1.165, 1.54) is 32.1 Å². The topological polar surface area (TPSA) is 66.6 Å². The van der Waals surface area contributed by atoms with Gasteiger partial charge in [0, 0.05) is 32.6 Å². The molecule has 2 fully saturated rings. The van der Waals surface area contributed by atoms with Crippen LogP contribution in [0.4, 0.5) is 0 Å². The molecule has 2 amide bonds. The predicted octanol–water partition coefficient (Wildman–Crippen LogP) is 2.39. The lowest BCUT2D eigenvalue weighted by molar-refractivity contribution is -0.141. The first kappa shape index (κ1) is 19.2. The lowest BCUT2D eigenvalue weighted by atomic mass is 9.86. The van der Waals surface area contributed by atoms with E-state index in [1.807, 2.05) is 30.6 Å². The van der Waals surface area contributed by atoms with Crippen LogP contribution in [-0.4, -0.2) is 53.8 Å². The van der Waals surface area contributed by atoms with E-state index in [0.717, 1.165) is 12.3 Å². The normalized spacial score (nSPS) is 21.7. The minimum Gasteiger partial charge on any atom is -0.339 e. The molecule has 0 spiro atoms. The molecule has 1 atom stereocenters. The highest BCUT2D eigenvalue weighted by Gasteiger charge is 2.33. The van der Waals surface area contributed by atoms with Crippen molar-refractivity contribution in [2.45, 2.75) is 71.8 Å². The lowest BCUT2D eigenvalue weighted by Gasteiger charge is -2.38. The van der Waals surface area contributed by atoms with E-state index >= 15 is 0 Å². The summed E-state index contributed by atoms with van der Waals surface area (Å²) in [7, 11) is 0. The maximum Gasteiger partial charge on any atom is 0.240 e. The van der Waals surface area contributed by atoms with Crippen LogP contribution < -0.4 is 5.73 Å². The van der Waals surface area contributed by atoms with Gasteiger partial charge in [0.15, 0.2) is 0 Å². The van der Waals surface area contributed by atoms with Crippen LogP contribution >= 0.6 is 0 Å². The molecule has 0 aromatic heterocycles. The molecule has 1 heterocycles. The Morgan fingerprint density at radius 2 is 1.54 bits per heavy atom. The van der Waals surface area contributed by atoms with E-state index in [2.05, 4.69) is 0 Å². The van der Waals surface area contributed by atoms with E-state index in [4.69, 9.17) is 5.73 Å². The molecular weight excluding hydrogens is 302 g/mol. The highest BCUT2D eigenvalue weighted by molar-refractivity contribution is 5.83. The summed E-state index contributed by atoms with van der Waals surface area (Å²) < 4.78 is 0. The van der Waals surface area contributed by atoms with Crippen LogP contribution in [0.15, 0.2) is 0 Å². The molecule has 2 aliphatic rings. The van der Waals surface area contributed by atoms with Gasteiger partial charge < -0.3 is 15.5 Å². The van der Waals surface area contributed by atoms with E-state index in [-0.39, 0.29) is 17.2 Å². The molecular formula is C19H35N3O2. The Morgan fingerprint density at radius 1 is 1.00 bits per heavy atom. The Kier molecular flexibility index (Phi) is 6.67. The fourth-order valence-electron chi connectivity index (χ4n) is 3.70. The van der Waals surface area contributed by atoms with E-state index in [9.17, 15) is 9.59 Å². The molecule has 2 rings (SSSR count). The molecule has 5 heteroatoms. The Bertz CT molecular complexity index is 430. The lowest BCUT2D eigenvalue weighted by Crippen LogP contribution is -2.56. The number of hydrogen-bond acceptors (Lipinski definition) is 3. The van der Waals surface area contributed by atoms with Crippen LogP contribution in [0, 0.1) is 11.3 Å². The predicted molar refractivity (Wildman–Crippen MR) is 96.4 cm³/mol. The van der Waals surface area contributed by atoms with Crippen molar-refractivity contribution in [2.75, 3.05) is 26.2 Å². The number of piperazine rings is 1. The van der Waals surface area contributed by atoms with Crippen LogP contribution in [0.2, 0.25) is 0 Å². The molecule has 1 saturated carbocycles. The number of nitrogens with two attached hydrogens (primary N) is 1. The maximum atomic E-state index is 12.5. The van der Waals surface area contributed by atoms with Gasteiger partial charge in [-0.2, -0.15) is 0 Å². The summed E-state index contributed by atoms with van der Waals surface area (Å²) in [4.78, 5) is 28.6. The third-order valence-corrected chi connectivity index (χ3v) is 5.63. The maximum absolute atomic E-state index is 12.5. The van der Waals surface area contributed by atoms with Crippen LogP contribution in [0.3, 0.4) is 0 Å². The number of carbonyl (C=O) groups is 2. The summed E-state index contributed by atoms with van der Waals surface area (Å²) in [5.74, 6) is 1.01. The van der Waals surface area contributed by atoms with E-state index < -0.39 is 6.04 Å². The molecule has 5 nitrogen and oxygen atoms in total. The smallest absolute Gasteiger partial charge is 0.240 e. The third-order valence-electron chi connectivity index (χ3n) is 5.63.